The monoisotopic (exact) mass is 340 g/mol. The fourth-order valence-electron chi connectivity index (χ4n) is 5.18. The van der Waals surface area contributed by atoms with Gasteiger partial charge >= 0.3 is 0 Å². The van der Waals surface area contributed by atoms with E-state index in [2.05, 4.69) is 84.9 Å². The average molecular weight is 340 g/mol. The van der Waals surface area contributed by atoms with Crippen LogP contribution < -0.4 is 10.4 Å². The van der Waals surface area contributed by atoms with E-state index in [-0.39, 0.29) is 0 Å². The first kappa shape index (κ1) is 13.8. The molecule has 0 spiro atoms. The number of allylic oxidation sites excluding steroid dienone is 2. The zero-order valence-corrected chi connectivity index (χ0v) is 14.8. The molecule has 0 saturated heterocycles. The Labute approximate surface area is 156 Å². The summed E-state index contributed by atoms with van der Waals surface area (Å²) in [4.78, 5) is 0. The summed E-state index contributed by atoms with van der Waals surface area (Å²) in [7, 11) is 0. The highest BCUT2D eigenvalue weighted by Crippen LogP contribution is 2.45. The Balaban J connectivity index is 1.55. The molecule has 0 atom stereocenters. The average Bonchev–Trinajstić information content (AvgIpc) is 3.22. The van der Waals surface area contributed by atoms with Crippen molar-refractivity contribution in [3.8, 4) is 0 Å². The molecule has 0 unspecified atom stereocenters. The van der Waals surface area contributed by atoms with Gasteiger partial charge in [-0.2, -0.15) is 0 Å². The van der Waals surface area contributed by atoms with Crippen LogP contribution in [0.3, 0.4) is 0 Å². The van der Waals surface area contributed by atoms with Gasteiger partial charge in [0.15, 0.2) is 0 Å². The molecule has 0 radical (unpaired) electrons. The molecule has 7 rings (SSSR count). The van der Waals surface area contributed by atoms with Crippen molar-refractivity contribution in [3.63, 3.8) is 0 Å². The summed E-state index contributed by atoms with van der Waals surface area (Å²) in [6, 6.07) is 27.0. The smallest absolute Gasteiger partial charge is 0.000726 e. The number of hydrogen-bond donors (Lipinski definition) is 0. The normalized spacial score (nSPS) is 15.0. The van der Waals surface area contributed by atoms with Gasteiger partial charge in [-0.1, -0.05) is 60.7 Å². The summed E-state index contributed by atoms with van der Waals surface area (Å²) >= 11 is 0. The molecule has 0 heterocycles. The molecular formula is C27H16. The first-order chi connectivity index (χ1) is 13.4. The Bertz CT molecular complexity index is 1570. The minimum Gasteiger partial charge on any atom is -0.0616 e. The standard InChI is InChI=1S/C27H16/c1-2-8-21-17(5-1)11-20-12-18-14-25-22-9-3-6-16-7-4-10-23(27(16)22)26(25)15-19(18)13-24(20)21/h1-14H,15H2. The molecule has 0 N–H and O–H groups in total. The predicted octanol–water partition coefficient (Wildman–Crippen LogP) is 4.53. The maximum Gasteiger partial charge on any atom is -0.000726 e. The summed E-state index contributed by atoms with van der Waals surface area (Å²) in [6.45, 7) is 0. The molecule has 4 aromatic carbocycles. The third-order valence-electron chi connectivity index (χ3n) is 6.39. The van der Waals surface area contributed by atoms with E-state index >= 15 is 0 Å². The van der Waals surface area contributed by atoms with Crippen molar-refractivity contribution in [2.24, 2.45) is 0 Å². The third kappa shape index (κ3) is 1.68. The van der Waals surface area contributed by atoms with Gasteiger partial charge in [0.2, 0.25) is 0 Å². The van der Waals surface area contributed by atoms with Gasteiger partial charge < -0.3 is 0 Å². The zero-order chi connectivity index (χ0) is 17.5. The molecule has 0 aliphatic heterocycles. The molecule has 124 valence electrons. The van der Waals surface area contributed by atoms with Crippen LogP contribution in [0.1, 0.15) is 22.3 Å². The molecule has 0 amide bonds. The quantitative estimate of drug-likeness (QED) is 0.388. The second kappa shape index (κ2) is 4.66. The third-order valence-corrected chi connectivity index (χ3v) is 6.39. The lowest BCUT2D eigenvalue weighted by molar-refractivity contribution is 1.23. The van der Waals surface area contributed by atoms with Gasteiger partial charge in [-0.3, -0.25) is 0 Å². The topological polar surface area (TPSA) is 0 Å². The van der Waals surface area contributed by atoms with E-state index in [0.717, 1.165) is 6.42 Å². The molecular weight excluding hydrogens is 324 g/mol. The van der Waals surface area contributed by atoms with Gasteiger partial charge in [0.1, 0.15) is 0 Å². The summed E-state index contributed by atoms with van der Waals surface area (Å²) < 4.78 is 0. The van der Waals surface area contributed by atoms with E-state index in [0.29, 0.717) is 0 Å². The lowest BCUT2D eigenvalue weighted by Crippen LogP contribution is -2.14. The van der Waals surface area contributed by atoms with Crippen LogP contribution in [0.4, 0.5) is 0 Å². The highest BCUT2D eigenvalue weighted by atomic mass is 14.3. The van der Waals surface area contributed by atoms with Crippen molar-refractivity contribution in [2.75, 3.05) is 0 Å². The van der Waals surface area contributed by atoms with E-state index in [4.69, 9.17) is 0 Å². The molecule has 0 saturated carbocycles. The van der Waals surface area contributed by atoms with Gasteiger partial charge in [0, 0.05) is 0 Å². The van der Waals surface area contributed by atoms with Crippen molar-refractivity contribution < 1.29 is 0 Å². The molecule has 3 aliphatic rings. The first-order valence-electron chi connectivity index (χ1n) is 9.58. The molecule has 0 heteroatoms. The minimum atomic E-state index is 1.02. The number of fused-ring (bicyclic) bond motifs is 5. The van der Waals surface area contributed by atoms with Crippen LogP contribution in [0.15, 0.2) is 72.8 Å². The maximum absolute atomic E-state index is 2.43. The Kier molecular flexibility index (Phi) is 2.38. The van der Waals surface area contributed by atoms with E-state index in [1.54, 1.807) is 0 Å². The van der Waals surface area contributed by atoms with Gasteiger partial charge in [-0.25, -0.2) is 0 Å². The molecule has 3 aliphatic carbocycles. The molecule has 0 bridgehead atoms. The SMILES string of the molecule is C1=c2cc3c(cc2CC2=C1c1cccc4cccc2c14)=c1ccccc1=C3. The van der Waals surface area contributed by atoms with Crippen molar-refractivity contribution in [1.82, 2.24) is 0 Å². The van der Waals surface area contributed by atoms with Crippen LogP contribution in [0.5, 0.6) is 0 Å². The molecule has 0 fully saturated rings. The summed E-state index contributed by atoms with van der Waals surface area (Å²) in [5.41, 5.74) is 8.53. The van der Waals surface area contributed by atoms with Crippen LogP contribution >= 0.6 is 0 Å². The van der Waals surface area contributed by atoms with Crippen molar-refractivity contribution in [1.29, 1.82) is 0 Å². The van der Waals surface area contributed by atoms with E-state index in [1.807, 2.05) is 0 Å². The van der Waals surface area contributed by atoms with Crippen LogP contribution in [0.2, 0.25) is 0 Å². The Hall–Kier alpha value is -3.38. The van der Waals surface area contributed by atoms with Crippen LogP contribution in [0.25, 0.3) is 34.1 Å². The molecule has 0 aromatic heterocycles. The second-order valence-electron chi connectivity index (χ2n) is 7.79. The predicted molar refractivity (Wildman–Crippen MR) is 112 cm³/mol. The summed E-state index contributed by atoms with van der Waals surface area (Å²) in [6.07, 6.45) is 5.76. The van der Waals surface area contributed by atoms with Crippen LogP contribution in [0, 0.1) is 10.4 Å². The van der Waals surface area contributed by atoms with Crippen molar-refractivity contribution in [2.45, 2.75) is 6.42 Å². The molecule has 4 aromatic rings. The van der Waals surface area contributed by atoms with E-state index < -0.39 is 0 Å². The number of rotatable bonds is 0. The van der Waals surface area contributed by atoms with Gasteiger partial charge in [-0.05, 0) is 95.8 Å². The molecule has 0 nitrogen and oxygen atoms in total. The largest absolute Gasteiger partial charge is 0.0616 e. The summed E-state index contributed by atoms with van der Waals surface area (Å²) in [5.74, 6) is 0. The highest BCUT2D eigenvalue weighted by molar-refractivity contribution is 6.21. The van der Waals surface area contributed by atoms with Crippen molar-refractivity contribution in [3.05, 3.63) is 116 Å². The summed E-state index contributed by atoms with van der Waals surface area (Å²) in [5, 5.41) is 8.24. The van der Waals surface area contributed by atoms with Crippen LogP contribution in [-0.2, 0) is 6.42 Å². The van der Waals surface area contributed by atoms with Gasteiger partial charge in [0.25, 0.3) is 0 Å². The second-order valence-corrected chi connectivity index (χ2v) is 7.79. The highest BCUT2D eigenvalue weighted by Gasteiger charge is 2.25. The van der Waals surface area contributed by atoms with Gasteiger partial charge in [0.05, 0.1) is 0 Å². The zero-order valence-electron chi connectivity index (χ0n) is 14.8. The number of hydrogen-bond acceptors (Lipinski definition) is 0. The molecule has 27 heavy (non-hydrogen) atoms. The fourth-order valence-corrected chi connectivity index (χ4v) is 5.18. The Morgan fingerprint density at radius 2 is 1.48 bits per heavy atom. The fraction of sp³-hybridized carbons (Fsp3) is 0.0370. The van der Waals surface area contributed by atoms with Crippen molar-refractivity contribution >= 4 is 34.1 Å². The Morgan fingerprint density at radius 3 is 2.41 bits per heavy atom. The minimum absolute atomic E-state index is 1.02. The first-order valence-corrected chi connectivity index (χ1v) is 9.58. The lowest BCUT2D eigenvalue weighted by atomic mass is 9.89. The van der Waals surface area contributed by atoms with E-state index in [9.17, 15) is 0 Å². The van der Waals surface area contributed by atoms with E-state index in [1.165, 1.54) is 65.0 Å². The number of benzene rings is 4. The lowest BCUT2D eigenvalue weighted by Gasteiger charge is -2.14. The van der Waals surface area contributed by atoms with Crippen LogP contribution in [-0.4, -0.2) is 0 Å². The maximum atomic E-state index is 2.43. The Morgan fingerprint density at radius 1 is 0.630 bits per heavy atom. The van der Waals surface area contributed by atoms with Gasteiger partial charge in [-0.15, -0.1) is 0 Å².